The molecular weight excluding hydrogens is 328 g/mol. The maximum Gasteiger partial charge on any atom is 0.237 e. The van der Waals surface area contributed by atoms with E-state index in [-0.39, 0.29) is 11.8 Å². The number of carbonyl (C=O) groups is 2. The third-order valence-electron chi connectivity index (χ3n) is 4.34. The zero-order valence-corrected chi connectivity index (χ0v) is 15.8. The molecule has 2 aromatic rings. The second-order valence-electron chi connectivity index (χ2n) is 6.77. The van der Waals surface area contributed by atoms with E-state index < -0.39 is 5.41 Å². The lowest BCUT2D eigenvalue weighted by Gasteiger charge is -2.28. The fourth-order valence-corrected chi connectivity index (χ4v) is 2.75. The van der Waals surface area contributed by atoms with E-state index >= 15 is 0 Å². The molecule has 0 aliphatic rings. The largest absolute Gasteiger partial charge is 0.496 e. The summed E-state index contributed by atoms with van der Waals surface area (Å²) in [4.78, 5) is 27.0. The highest BCUT2D eigenvalue weighted by Gasteiger charge is 2.38. The van der Waals surface area contributed by atoms with Crippen LogP contribution in [-0.2, 0) is 22.7 Å². The van der Waals surface area contributed by atoms with E-state index in [0.717, 1.165) is 11.1 Å². The van der Waals surface area contributed by atoms with Crippen molar-refractivity contribution in [1.29, 1.82) is 0 Å². The molecule has 0 unspecified atom stereocenters. The second kappa shape index (κ2) is 8.52. The van der Waals surface area contributed by atoms with Crippen LogP contribution in [0.2, 0.25) is 0 Å². The molecule has 0 fully saturated rings. The van der Waals surface area contributed by atoms with Crippen LogP contribution in [0.1, 0.15) is 25.0 Å². The lowest BCUT2D eigenvalue weighted by atomic mass is 9.90. The summed E-state index contributed by atoms with van der Waals surface area (Å²) in [5, 5.41) is 2.85. The monoisotopic (exact) mass is 354 g/mol. The van der Waals surface area contributed by atoms with Crippen LogP contribution in [0.3, 0.4) is 0 Å². The number of ether oxygens (including phenoxy) is 1. The van der Waals surface area contributed by atoms with Crippen LogP contribution < -0.4 is 10.1 Å². The smallest absolute Gasteiger partial charge is 0.237 e. The number of rotatable bonds is 7. The number of para-hydroxylation sites is 1. The number of amides is 2. The molecule has 1 N–H and O–H groups in total. The number of carbonyl (C=O) groups excluding carboxylic acids is 2. The topological polar surface area (TPSA) is 58.6 Å². The molecule has 5 nitrogen and oxygen atoms in total. The van der Waals surface area contributed by atoms with E-state index in [1.807, 2.05) is 54.6 Å². The molecule has 138 valence electrons. The zero-order chi connectivity index (χ0) is 19.2. The standard InChI is InChI=1S/C21H26N2O3/c1-21(2,20(25)23(3)15-16-10-6-5-7-11-16)19(24)22-14-17-12-8-9-13-18(17)26-4/h5-13H,14-15H2,1-4H3,(H,22,24). The summed E-state index contributed by atoms with van der Waals surface area (Å²) in [7, 11) is 3.30. The Bertz CT molecular complexity index is 757. The average Bonchev–Trinajstić information content (AvgIpc) is 2.66. The van der Waals surface area contributed by atoms with Gasteiger partial charge >= 0.3 is 0 Å². The maximum atomic E-state index is 12.8. The summed E-state index contributed by atoms with van der Waals surface area (Å²) in [5.74, 6) is 0.172. The van der Waals surface area contributed by atoms with Crippen molar-refractivity contribution in [3.05, 3.63) is 65.7 Å². The molecule has 0 saturated heterocycles. The van der Waals surface area contributed by atoms with Crippen LogP contribution >= 0.6 is 0 Å². The molecule has 0 aliphatic heterocycles. The van der Waals surface area contributed by atoms with Gasteiger partial charge in [0.2, 0.25) is 11.8 Å². The van der Waals surface area contributed by atoms with Gasteiger partial charge in [0.25, 0.3) is 0 Å². The predicted molar refractivity (Wildman–Crippen MR) is 102 cm³/mol. The van der Waals surface area contributed by atoms with E-state index in [2.05, 4.69) is 5.32 Å². The minimum Gasteiger partial charge on any atom is -0.496 e. The third-order valence-corrected chi connectivity index (χ3v) is 4.34. The van der Waals surface area contributed by atoms with E-state index in [1.54, 1.807) is 32.9 Å². The molecule has 0 radical (unpaired) electrons. The Kier molecular flexibility index (Phi) is 6.39. The first-order valence-corrected chi connectivity index (χ1v) is 8.56. The third kappa shape index (κ3) is 4.63. The first kappa shape index (κ1) is 19.5. The summed E-state index contributed by atoms with van der Waals surface area (Å²) in [6, 6.07) is 17.2. The molecule has 0 heterocycles. The number of benzene rings is 2. The van der Waals surface area contributed by atoms with Gasteiger partial charge in [-0.15, -0.1) is 0 Å². The first-order chi connectivity index (χ1) is 12.4. The van der Waals surface area contributed by atoms with Crippen LogP contribution in [0.25, 0.3) is 0 Å². The first-order valence-electron chi connectivity index (χ1n) is 8.56. The molecule has 5 heteroatoms. The van der Waals surface area contributed by atoms with E-state index in [1.165, 1.54) is 0 Å². The van der Waals surface area contributed by atoms with Gasteiger partial charge in [-0.25, -0.2) is 0 Å². The van der Waals surface area contributed by atoms with Crippen LogP contribution in [0.4, 0.5) is 0 Å². The Hall–Kier alpha value is -2.82. The van der Waals surface area contributed by atoms with Crippen molar-refractivity contribution in [1.82, 2.24) is 10.2 Å². The molecular formula is C21H26N2O3. The number of methoxy groups -OCH3 is 1. The Morgan fingerprint density at radius 2 is 1.65 bits per heavy atom. The second-order valence-corrected chi connectivity index (χ2v) is 6.77. The minimum absolute atomic E-state index is 0.223. The summed E-state index contributed by atoms with van der Waals surface area (Å²) < 4.78 is 5.29. The van der Waals surface area contributed by atoms with Crippen molar-refractivity contribution >= 4 is 11.8 Å². The quantitative estimate of drug-likeness (QED) is 0.778. The van der Waals surface area contributed by atoms with Crippen LogP contribution in [-0.4, -0.2) is 30.9 Å². The number of nitrogens with zero attached hydrogens (tertiary/aromatic N) is 1. The molecule has 2 rings (SSSR count). The fraction of sp³-hybridized carbons (Fsp3) is 0.333. The normalized spacial score (nSPS) is 10.9. The molecule has 0 spiro atoms. The highest BCUT2D eigenvalue weighted by molar-refractivity contribution is 6.04. The van der Waals surface area contributed by atoms with Crippen LogP contribution in [0.15, 0.2) is 54.6 Å². The highest BCUT2D eigenvalue weighted by atomic mass is 16.5. The average molecular weight is 354 g/mol. The van der Waals surface area contributed by atoms with Crippen molar-refractivity contribution in [3.63, 3.8) is 0 Å². The van der Waals surface area contributed by atoms with Gasteiger partial charge in [-0.2, -0.15) is 0 Å². The highest BCUT2D eigenvalue weighted by Crippen LogP contribution is 2.22. The van der Waals surface area contributed by atoms with Gasteiger partial charge in [-0.1, -0.05) is 48.5 Å². The van der Waals surface area contributed by atoms with Crippen molar-refractivity contribution < 1.29 is 14.3 Å². The molecule has 26 heavy (non-hydrogen) atoms. The van der Waals surface area contributed by atoms with Crippen molar-refractivity contribution in [3.8, 4) is 5.75 Å². The summed E-state index contributed by atoms with van der Waals surface area (Å²) in [5.41, 5.74) is 0.726. The van der Waals surface area contributed by atoms with Crippen molar-refractivity contribution in [2.75, 3.05) is 14.2 Å². The van der Waals surface area contributed by atoms with Gasteiger partial charge in [0.1, 0.15) is 11.2 Å². The molecule has 0 aliphatic carbocycles. The van der Waals surface area contributed by atoms with E-state index in [0.29, 0.717) is 18.8 Å². The summed E-state index contributed by atoms with van der Waals surface area (Å²) in [6.07, 6.45) is 0. The Morgan fingerprint density at radius 1 is 1.04 bits per heavy atom. The van der Waals surface area contributed by atoms with Gasteiger partial charge in [-0.05, 0) is 25.5 Å². The minimum atomic E-state index is -1.16. The van der Waals surface area contributed by atoms with Crippen molar-refractivity contribution in [2.24, 2.45) is 5.41 Å². The van der Waals surface area contributed by atoms with Gasteiger partial charge in [-0.3, -0.25) is 9.59 Å². The summed E-state index contributed by atoms with van der Waals surface area (Å²) in [6.45, 7) is 4.06. The molecule has 2 aromatic carbocycles. The number of hydrogen-bond donors (Lipinski definition) is 1. The van der Waals surface area contributed by atoms with E-state index in [9.17, 15) is 9.59 Å². The van der Waals surface area contributed by atoms with Gasteiger partial charge in [0.15, 0.2) is 0 Å². The lowest BCUT2D eigenvalue weighted by Crippen LogP contribution is -2.48. The SMILES string of the molecule is COc1ccccc1CNC(=O)C(C)(C)C(=O)N(C)Cc1ccccc1. The van der Waals surface area contributed by atoms with Gasteiger partial charge in [0, 0.05) is 25.7 Å². The Balaban J connectivity index is 2.00. The predicted octanol–water partition coefficient (Wildman–Crippen LogP) is 3.00. The van der Waals surface area contributed by atoms with Gasteiger partial charge < -0.3 is 15.0 Å². The van der Waals surface area contributed by atoms with Crippen molar-refractivity contribution in [2.45, 2.75) is 26.9 Å². The van der Waals surface area contributed by atoms with Gasteiger partial charge in [0.05, 0.1) is 7.11 Å². The molecule has 0 saturated carbocycles. The van der Waals surface area contributed by atoms with Crippen LogP contribution in [0.5, 0.6) is 5.75 Å². The molecule has 0 bridgehead atoms. The number of hydrogen-bond acceptors (Lipinski definition) is 3. The summed E-state index contributed by atoms with van der Waals surface area (Å²) >= 11 is 0. The maximum absolute atomic E-state index is 12.8. The molecule has 0 aromatic heterocycles. The lowest BCUT2D eigenvalue weighted by molar-refractivity contribution is -0.148. The fourth-order valence-electron chi connectivity index (χ4n) is 2.75. The molecule has 0 atom stereocenters. The Labute approximate surface area is 155 Å². The zero-order valence-electron chi connectivity index (χ0n) is 15.8. The van der Waals surface area contributed by atoms with E-state index in [4.69, 9.17) is 4.74 Å². The van der Waals surface area contributed by atoms with Crippen LogP contribution in [0, 0.1) is 5.41 Å². The number of nitrogens with one attached hydrogen (secondary N) is 1. The Morgan fingerprint density at radius 3 is 2.31 bits per heavy atom. The molecule has 2 amide bonds.